The molecule has 0 aliphatic carbocycles. The van der Waals surface area contributed by atoms with Crippen LogP contribution in [0.1, 0.15) is 40.0 Å². The molecular weight excluding hydrogens is 202 g/mol. The standard InChI is InChI=1S/C9H20BrN/c1-4-5-6-11-9(3)7-8(2)10/h8-9,11H,4-7H2,1-3H3. The number of hydrogen-bond donors (Lipinski definition) is 1. The normalized spacial score (nSPS) is 16.4. The molecule has 2 atom stereocenters. The van der Waals surface area contributed by atoms with Gasteiger partial charge in [-0.05, 0) is 26.3 Å². The lowest BCUT2D eigenvalue weighted by molar-refractivity contribution is 0.506. The highest BCUT2D eigenvalue weighted by Crippen LogP contribution is 2.06. The molecule has 0 aliphatic rings. The molecule has 0 aromatic rings. The van der Waals surface area contributed by atoms with Gasteiger partial charge < -0.3 is 5.32 Å². The zero-order valence-corrected chi connectivity index (χ0v) is 9.45. The molecule has 0 radical (unpaired) electrons. The van der Waals surface area contributed by atoms with Gasteiger partial charge in [0, 0.05) is 10.9 Å². The molecule has 0 bridgehead atoms. The Balaban J connectivity index is 3.15. The van der Waals surface area contributed by atoms with Crippen LogP contribution in [0.5, 0.6) is 0 Å². The molecule has 0 fully saturated rings. The predicted octanol–water partition coefficient (Wildman–Crippen LogP) is 2.94. The maximum Gasteiger partial charge on any atom is 0.0132 e. The lowest BCUT2D eigenvalue weighted by Gasteiger charge is -2.14. The van der Waals surface area contributed by atoms with Crippen LogP contribution >= 0.6 is 15.9 Å². The first-order valence-electron chi connectivity index (χ1n) is 4.54. The summed E-state index contributed by atoms with van der Waals surface area (Å²) in [6.07, 6.45) is 3.79. The van der Waals surface area contributed by atoms with E-state index in [9.17, 15) is 0 Å². The van der Waals surface area contributed by atoms with Crippen LogP contribution in [-0.4, -0.2) is 17.4 Å². The summed E-state index contributed by atoms with van der Waals surface area (Å²) in [6.45, 7) is 7.82. The van der Waals surface area contributed by atoms with Crippen LogP contribution in [-0.2, 0) is 0 Å². The van der Waals surface area contributed by atoms with Gasteiger partial charge in [0.05, 0.1) is 0 Å². The SMILES string of the molecule is CCCCNC(C)CC(C)Br. The van der Waals surface area contributed by atoms with Crippen molar-refractivity contribution < 1.29 is 0 Å². The molecule has 2 heteroatoms. The second-order valence-corrected chi connectivity index (χ2v) is 4.79. The maximum absolute atomic E-state index is 3.54. The van der Waals surface area contributed by atoms with Gasteiger partial charge in [-0.2, -0.15) is 0 Å². The van der Waals surface area contributed by atoms with Crippen molar-refractivity contribution in [1.29, 1.82) is 0 Å². The Morgan fingerprint density at radius 3 is 2.45 bits per heavy atom. The average molecular weight is 222 g/mol. The first-order chi connectivity index (χ1) is 5.16. The van der Waals surface area contributed by atoms with Crippen molar-refractivity contribution >= 4 is 15.9 Å². The van der Waals surface area contributed by atoms with Crippen molar-refractivity contribution in [3.8, 4) is 0 Å². The number of nitrogens with one attached hydrogen (secondary N) is 1. The highest BCUT2D eigenvalue weighted by molar-refractivity contribution is 9.09. The molecule has 0 heterocycles. The second-order valence-electron chi connectivity index (χ2n) is 3.23. The van der Waals surface area contributed by atoms with Gasteiger partial charge in [-0.15, -0.1) is 0 Å². The number of rotatable bonds is 6. The predicted molar refractivity (Wildman–Crippen MR) is 55.4 cm³/mol. The fraction of sp³-hybridized carbons (Fsp3) is 1.00. The first kappa shape index (κ1) is 11.4. The van der Waals surface area contributed by atoms with Crippen molar-refractivity contribution in [1.82, 2.24) is 5.32 Å². The van der Waals surface area contributed by atoms with Gasteiger partial charge in [-0.3, -0.25) is 0 Å². The van der Waals surface area contributed by atoms with Crippen LogP contribution < -0.4 is 5.32 Å². The summed E-state index contributed by atoms with van der Waals surface area (Å²) < 4.78 is 0. The van der Waals surface area contributed by atoms with E-state index in [0.717, 1.165) is 6.54 Å². The molecule has 1 nitrogen and oxygen atoms in total. The molecule has 0 aliphatic heterocycles. The summed E-state index contributed by atoms with van der Waals surface area (Å²) in [5.41, 5.74) is 0. The summed E-state index contributed by atoms with van der Waals surface area (Å²) in [4.78, 5) is 0.631. The topological polar surface area (TPSA) is 12.0 Å². The van der Waals surface area contributed by atoms with E-state index < -0.39 is 0 Å². The van der Waals surface area contributed by atoms with Crippen molar-refractivity contribution in [3.63, 3.8) is 0 Å². The third kappa shape index (κ3) is 8.35. The Bertz CT molecular complexity index is 83.6. The van der Waals surface area contributed by atoms with Crippen molar-refractivity contribution in [2.45, 2.75) is 50.9 Å². The van der Waals surface area contributed by atoms with E-state index in [4.69, 9.17) is 0 Å². The Kier molecular flexibility index (Phi) is 7.39. The molecule has 0 aromatic heterocycles. The summed E-state index contributed by atoms with van der Waals surface area (Å²) in [5.74, 6) is 0. The van der Waals surface area contributed by atoms with E-state index >= 15 is 0 Å². The van der Waals surface area contributed by atoms with Gasteiger partial charge >= 0.3 is 0 Å². The summed E-state index contributed by atoms with van der Waals surface area (Å²) in [6, 6.07) is 0.649. The van der Waals surface area contributed by atoms with Gasteiger partial charge in [0.2, 0.25) is 0 Å². The van der Waals surface area contributed by atoms with E-state index in [1.807, 2.05) is 0 Å². The Morgan fingerprint density at radius 1 is 1.36 bits per heavy atom. The Labute approximate surface area is 79.1 Å². The fourth-order valence-electron chi connectivity index (χ4n) is 1.10. The van der Waals surface area contributed by atoms with Gasteiger partial charge in [0.15, 0.2) is 0 Å². The third-order valence-electron chi connectivity index (χ3n) is 1.70. The summed E-state index contributed by atoms with van der Waals surface area (Å²) >= 11 is 3.54. The van der Waals surface area contributed by atoms with Crippen LogP contribution in [0.15, 0.2) is 0 Å². The quantitative estimate of drug-likeness (QED) is 0.538. The van der Waals surface area contributed by atoms with E-state index in [1.54, 1.807) is 0 Å². The zero-order valence-electron chi connectivity index (χ0n) is 7.86. The number of halogens is 1. The Hall–Kier alpha value is 0.440. The largest absolute Gasteiger partial charge is 0.314 e. The average Bonchev–Trinajstić information content (AvgIpc) is 1.86. The third-order valence-corrected chi connectivity index (χ3v) is 2.08. The number of unbranched alkanes of at least 4 members (excludes halogenated alkanes) is 1. The highest BCUT2D eigenvalue weighted by atomic mass is 79.9. The van der Waals surface area contributed by atoms with Gasteiger partial charge in [-0.25, -0.2) is 0 Å². The Morgan fingerprint density at radius 2 is 2.00 bits per heavy atom. The van der Waals surface area contributed by atoms with E-state index in [1.165, 1.54) is 19.3 Å². The van der Waals surface area contributed by atoms with Crippen LogP contribution in [0.25, 0.3) is 0 Å². The first-order valence-corrected chi connectivity index (χ1v) is 5.45. The lowest BCUT2D eigenvalue weighted by atomic mass is 10.2. The van der Waals surface area contributed by atoms with E-state index in [-0.39, 0.29) is 0 Å². The van der Waals surface area contributed by atoms with Crippen LogP contribution in [0.2, 0.25) is 0 Å². The number of alkyl halides is 1. The van der Waals surface area contributed by atoms with Crippen LogP contribution in [0, 0.1) is 0 Å². The zero-order chi connectivity index (χ0) is 8.69. The monoisotopic (exact) mass is 221 g/mol. The number of hydrogen-bond acceptors (Lipinski definition) is 1. The minimum Gasteiger partial charge on any atom is -0.314 e. The minimum atomic E-state index is 0.631. The minimum absolute atomic E-state index is 0.631. The summed E-state index contributed by atoms with van der Waals surface area (Å²) in [5, 5.41) is 3.48. The van der Waals surface area contributed by atoms with Crippen LogP contribution in [0.4, 0.5) is 0 Å². The van der Waals surface area contributed by atoms with Gasteiger partial charge in [0.25, 0.3) is 0 Å². The molecule has 1 N–H and O–H groups in total. The molecule has 2 unspecified atom stereocenters. The molecule has 0 saturated carbocycles. The molecule has 0 saturated heterocycles. The maximum atomic E-state index is 3.54. The molecular formula is C9H20BrN. The van der Waals surface area contributed by atoms with E-state index in [2.05, 4.69) is 42.0 Å². The molecule has 0 aromatic carbocycles. The molecule has 0 amide bonds. The van der Waals surface area contributed by atoms with Crippen LogP contribution in [0.3, 0.4) is 0 Å². The lowest BCUT2D eigenvalue weighted by Crippen LogP contribution is -2.28. The van der Waals surface area contributed by atoms with E-state index in [0.29, 0.717) is 10.9 Å². The molecule has 0 spiro atoms. The molecule has 68 valence electrons. The van der Waals surface area contributed by atoms with Gasteiger partial charge in [0.1, 0.15) is 0 Å². The van der Waals surface area contributed by atoms with Gasteiger partial charge in [-0.1, -0.05) is 36.2 Å². The summed E-state index contributed by atoms with van der Waals surface area (Å²) in [7, 11) is 0. The highest BCUT2D eigenvalue weighted by Gasteiger charge is 2.03. The molecule has 0 rings (SSSR count). The molecule has 11 heavy (non-hydrogen) atoms. The van der Waals surface area contributed by atoms with Crippen molar-refractivity contribution in [3.05, 3.63) is 0 Å². The van der Waals surface area contributed by atoms with Crippen molar-refractivity contribution in [2.75, 3.05) is 6.54 Å². The smallest absolute Gasteiger partial charge is 0.0132 e. The fourth-order valence-corrected chi connectivity index (χ4v) is 1.66. The second kappa shape index (κ2) is 7.11. The van der Waals surface area contributed by atoms with Crippen molar-refractivity contribution in [2.24, 2.45) is 0 Å².